The number of rotatable bonds is 5. The van der Waals surface area contributed by atoms with Gasteiger partial charge in [-0.15, -0.1) is 19.6 Å². The van der Waals surface area contributed by atoms with E-state index in [9.17, 15) is 17.6 Å². The second-order valence-corrected chi connectivity index (χ2v) is 14.0. The van der Waals surface area contributed by atoms with Crippen LogP contribution in [0.15, 0.2) is 30.3 Å². The largest absolute Gasteiger partial charge is 0.522 e. The summed E-state index contributed by atoms with van der Waals surface area (Å²) in [5.74, 6) is 1.70. The molecule has 0 aliphatic carbocycles. The van der Waals surface area contributed by atoms with Crippen molar-refractivity contribution in [2.24, 2.45) is 0 Å². The van der Waals surface area contributed by atoms with E-state index in [-0.39, 0.29) is 60.5 Å². The summed E-state index contributed by atoms with van der Waals surface area (Å²) in [6, 6.07) is 8.67. The quantitative estimate of drug-likeness (QED) is 0.208. The smallest absolute Gasteiger partial charge is 0.461 e. The summed E-state index contributed by atoms with van der Waals surface area (Å²) in [6.07, 6.45) is 4.97. The SMILES string of the molecule is C#Cc1c(F)ccc2cccc(-c3nc4c5c(nc(OC[C@@]67CCCN6C[C@@H](OC(F)(F)F)C7)nc5c3F)N3C[C@H]5CC[C@H](N5)[C@H]3CC4)c12. The van der Waals surface area contributed by atoms with Crippen molar-refractivity contribution in [3.05, 3.63) is 53.2 Å². The van der Waals surface area contributed by atoms with Gasteiger partial charge in [0.25, 0.3) is 0 Å². The van der Waals surface area contributed by atoms with Gasteiger partial charge in [0.05, 0.1) is 28.3 Å². The third-order valence-corrected chi connectivity index (χ3v) is 11.3. The second kappa shape index (κ2) is 11.2. The predicted octanol–water partition coefficient (Wildman–Crippen LogP) is 5.88. The van der Waals surface area contributed by atoms with Crippen molar-refractivity contribution in [2.75, 3.05) is 31.1 Å². The molecule has 4 aromatic rings. The van der Waals surface area contributed by atoms with Crippen molar-refractivity contribution in [1.29, 1.82) is 0 Å². The summed E-state index contributed by atoms with van der Waals surface area (Å²) in [4.78, 5) is 18.7. The van der Waals surface area contributed by atoms with Crippen LogP contribution in [0.4, 0.5) is 27.8 Å². The summed E-state index contributed by atoms with van der Waals surface area (Å²) in [5.41, 5.74) is 0.383. The second-order valence-electron chi connectivity index (χ2n) is 14.0. The molecule has 4 saturated heterocycles. The van der Waals surface area contributed by atoms with E-state index in [1.54, 1.807) is 24.3 Å². The average molecular weight is 677 g/mol. The van der Waals surface area contributed by atoms with Crippen LogP contribution in [0.1, 0.15) is 49.8 Å². The summed E-state index contributed by atoms with van der Waals surface area (Å²) in [7, 11) is 0. The van der Waals surface area contributed by atoms with Gasteiger partial charge in [-0.05, 0) is 62.9 Å². The van der Waals surface area contributed by atoms with Gasteiger partial charge < -0.3 is 15.0 Å². The summed E-state index contributed by atoms with van der Waals surface area (Å²) >= 11 is 0. The molecular weight excluding hydrogens is 643 g/mol. The Morgan fingerprint density at radius 1 is 1.04 bits per heavy atom. The van der Waals surface area contributed by atoms with Crippen LogP contribution in [-0.4, -0.2) is 82.2 Å². The van der Waals surface area contributed by atoms with E-state index in [1.807, 2.05) is 4.90 Å². The van der Waals surface area contributed by atoms with Gasteiger partial charge in [0.2, 0.25) is 0 Å². The molecule has 1 N–H and O–H groups in total. The number of terminal acetylenes is 1. The van der Waals surface area contributed by atoms with Crippen LogP contribution >= 0.6 is 0 Å². The molecule has 0 amide bonds. The normalized spacial score (nSPS) is 27.7. The number of fused-ring (bicyclic) bond motifs is 7. The van der Waals surface area contributed by atoms with Gasteiger partial charge >= 0.3 is 12.4 Å². The first kappa shape index (κ1) is 30.9. The van der Waals surface area contributed by atoms with E-state index in [1.165, 1.54) is 6.07 Å². The van der Waals surface area contributed by atoms with Crippen molar-refractivity contribution in [1.82, 2.24) is 25.2 Å². The van der Waals surface area contributed by atoms with Gasteiger partial charge in [0, 0.05) is 42.2 Å². The molecule has 8 nitrogen and oxygen atoms in total. The molecule has 7 heterocycles. The highest BCUT2D eigenvalue weighted by atomic mass is 19.4. The zero-order chi connectivity index (χ0) is 33.7. The van der Waals surface area contributed by atoms with Crippen LogP contribution in [0, 0.1) is 24.0 Å². The molecule has 0 unspecified atom stereocenters. The Bertz CT molecular complexity index is 2050. The molecule has 13 heteroatoms. The average Bonchev–Trinajstić information content (AvgIpc) is 3.71. The highest BCUT2D eigenvalue weighted by Crippen LogP contribution is 2.45. The minimum atomic E-state index is -4.73. The van der Waals surface area contributed by atoms with Crippen LogP contribution < -0.4 is 15.0 Å². The van der Waals surface area contributed by atoms with Crippen molar-refractivity contribution in [2.45, 2.75) is 81.1 Å². The van der Waals surface area contributed by atoms with Crippen LogP contribution in [-0.2, 0) is 11.2 Å². The number of hydrogen-bond donors (Lipinski definition) is 1. The Labute approximate surface area is 279 Å². The number of anilines is 1. The molecule has 49 heavy (non-hydrogen) atoms. The number of pyridine rings is 1. The molecule has 5 aliphatic heterocycles. The number of alkyl halides is 3. The van der Waals surface area contributed by atoms with E-state index in [0.717, 1.165) is 25.7 Å². The zero-order valence-corrected chi connectivity index (χ0v) is 26.5. The Kier molecular flexibility index (Phi) is 7.06. The van der Waals surface area contributed by atoms with Crippen molar-refractivity contribution >= 4 is 27.5 Å². The third kappa shape index (κ3) is 5.02. The minimum Gasteiger partial charge on any atom is -0.461 e. The topological polar surface area (TPSA) is 75.6 Å². The molecule has 5 aliphatic rings. The van der Waals surface area contributed by atoms with Gasteiger partial charge in [0.1, 0.15) is 29.5 Å². The number of halogens is 5. The first-order chi connectivity index (χ1) is 23.6. The van der Waals surface area contributed by atoms with Crippen LogP contribution in [0.3, 0.4) is 0 Å². The van der Waals surface area contributed by atoms with E-state index >= 15 is 4.39 Å². The zero-order valence-electron chi connectivity index (χ0n) is 26.5. The summed E-state index contributed by atoms with van der Waals surface area (Å²) in [5, 5.41) is 5.27. The van der Waals surface area contributed by atoms with Gasteiger partial charge in [-0.25, -0.2) is 13.8 Å². The number of nitrogens with zero attached hydrogens (tertiary/aromatic N) is 5. The Morgan fingerprint density at radius 2 is 1.92 bits per heavy atom. The number of aryl methyl sites for hydroxylation is 1. The number of aromatic nitrogens is 3. The van der Waals surface area contributed by atoms with E-state index in [2.05, 4.69) is 25.9 Å². The number of nitrogens with one attached hydrogen (secondary N) is 1. The lowest BCUT2D eigenvalue weighted by molar-refractivity contribution is -0.340. The van der Waals surface area contributed by atoms with Crippen LogP contribution in [0.2, 0.25) is 0 Å². The Hall–Kier alpha value is -4.12. The number of benzene rings is 2. The Balaban J connectivity index is 1.18. The third-order valence-electron chi connectivity index (χ3n) is 11.3. The van der Waals surface area contributed by atoms with Crippen molar-refractivity contribution in [3.8, 4) is 29.6 Å². The van der Waals surface area contributed by atoms with E-state index < -0.39 is 29.6 Å². The fourth-order valence-electron chi connectivity index (χ4n) is 9.24. The standard InChI is InChI=1S/C36H33F5N6O2/c1-2-22-24(37)9-7-19-5-3-6-23(28(19)22)31-30(38)32-29-26(43-31)11-12-27-25-10-8-20(42-25)16-47(27)33(29)45-34(44-32)48-18-35-13-4-14-46(35)17-21(15-35)49-36(39,40)41/h1,3,5-7,9,20-21,25,27,42H,4,8,10-18H2/t20-,21+,25+,27-,35+/m1/s1. The highest BCUT2D eigenvalue weighted by molar-refractivity contribution is 6.02. The maximum absolute atomic E-state index is 17.1. The molecule has 0 saturated carbocycles. The Morgan fingerprint density at radius 3 is 2.76 bits per heavy atom. The fraction of sp³-hybridized carbons (Fsp3) is 0.472. The van der Waals surface area contributed by atoms with Crippen molar-refractivity contribution in [3.63, 3.8) is 0 Å². The van der Waals surface area contributed by atoms with E-state index in [4.69, 9.17) is 21.1 Å². The minimum absolute atomic E-state index is 0.00816. The molecule has 254 valence electrons. The van der Waals surface area contributed by atoms with E-state index in [0.29, 0.717) is 59.2 Å². The maximum atomic E-state index is 17.1. The molecular formula is C36H33F5N6O2. The monoisotopic (exact) mass is 676 g/mol. The number of piperazine rings is 1. The van der Waals surface area contributed by atoms with Crippen LogP contribution in [0.5, 0.6) is 6.01 Å². The number of hydrogen-bond acceptors (Lipinski definition) is 8. The highest BCUT2D eigenvalue weighted by Gasteiger charge is 2.52. The van der Waals surface area contributed by atoms with Gasteiger partial charge in [-0.1, -0.05) is 30.2 Å². The summed E-state index contributed by atoms with van der Waals surface area (Å²) in [6.45, 7) is 1.49. The molecule has 2 aromatic heterocycles. The first-order valence-corrected chi connectivity index (χ1v) is 16.8. The fourth-order valence-corrected chi connectivity index (χ4v) is 9.24. The lowest BCUT2D eigenvalue weighted by Gasteiger charge is -2.41. The number of ether oxygens (including phenoxy) is 2. The van der Waals surface area contributed by atoms with Crippen LogP contribution in [0.25, 0.3) is 32.9 Å². The summed E-state index contributed by atoms with van der Waals surface area (Å²) < 4.78 is 82.2. The predicted molar refractivity (Wildman–Crippen MR) is 172 cm³/mol. The molecule has 9 rings (SSSR count). The molecule has 2 aromatic carbocycles. The van der Waals surface area contributed by atoms with Crippen molar-refractivity contribution < 1.29 is 31.4 Å². The first-order valence-electron chi connectivity index (χ1n) is 16.8. The van der Waals surface area contributed by atoms with Gasteiger partial charge in [-0.2, -0.15) is 9.97 Å². The van der Waals surface area contributed by atoms with Gasteiger partial charge in [0.15, 0.2) is 5.82 Å². The maximum Gasteiger partial charge on any atom is 0.522 e. The van der Waals surface area contributed by atoms with Gasteiger partial charge in [-0.3, -0.25) is 9.64 Å². The molecule has 0 spiro atoms. The molecule has 5 atom stereocenters. The lowest BCUT2D eigenvalue weighted by Crippen LogP contribution is -2.58. The molecule has 4 fully saturated rings. The lowest BCUT2D eigenvalue weighted by atomic mass is 9.94. The molecule has 0 radical (unpaired) electrons. The molecule has 2 bridgehead atoms.